The van der Waals surface area contributed by atoms with Gasteiger partial charge in [0.05, 0.1) is 6.61 Å². The first-order valence-corrected chi connectivity index (χ1v) is 7.63. The molecule has 1 aromatic heterocycles. The van der Waals surface area contributed by atoms with Crippen LogP contribution in [0, 0.1) is 0 Å². The molecule has 0 fully saturated rings. The molecule has 4 nitrogen and oxygen atoms in total. The topological polar surface area (TPSA) is 37.4 Å². The van der Waals surface area contributed by atoms with E-state index in [4.69, 9.17) is 4.74 Å². The van der Waals surface area contributed by atoms with E-state index in [1.165, 1.54) is 11.3 Å². The van der Waals surface area contributed by atoms with E-state index in [9.17, 15) is 0 Å². The fourth-order valence-corrected chi connectivity index (χ4v) is 2.22. The summed E-state index contributed by atoms with van der Waals surface area (Å²) in [5.41, 5.74) is 2.53. The van der Waals surface area contributed by atoms with Crippen LogP contribution in [0.5, 0.6) is 0 Å². The van der Waals surface area contributed by atoms with Gasteiger partial charge in [-0.25, -0.2) is 0 Å². The average Bonchev–Trinajstić information content (AvgIpc) is 2.49. The maximum atomic E-state index is 5.25. The van der Waals surface area contributed by atoms with Crippen LogP contribution in [0.2, 0.25) is 0 Å². The van der Waals surface area contributed by atoms with E-state index in [2.05, 4.69) is 42.0 Å². The highest BCUT2D eigenvalue weighted by atomic mass is 16.5. The lowest BCUT2D eigenvalue weighted by molar-refractivity contribution is 0.203. The smallest absolute Gasteiger partial charge is 0.0637 e. The zero-order valence-electron chi connectivity index (χ0n) is 13.4. The van der Waals surface area contributed by atoms with Crippen LogP contribution in [-0.4, -0.2) is 37.8 Å². The molecule has 0 saturated carbocycles. The summed E-state index contributed by atoms with van der Waals surface area (Å²) < 4.78 is 5.25. The molecule has 114 valence electrons. The van der Waals surface area contributed by atoms with Crippen LogP contribution in [0.25, 0.3) is 0 Å². The van der Waals surface area contributed by atoms with Crippen molar-refractivity contribution < 1.29 is 4.74 Å². The zero-order valence-corrected chi connectivity index (χ0v) is 13.4. The van der Waals surface area contributed by atoms with Crippen molar-refractivity contribution in [3.63, 3.8) is 0 Å². The molecule has 0 aromatic carbocycles. The first-order chi connectivity index (χ1) is 9.74. The molecule has 0 aliphatic rings. The van der Waals surface area contributed by atoms with Gasteiger partial charge in [-0.3, -0.25) is 4.98 Å². The fraction of sp³-hybridized carbons (Fsp3) is 0.688. The lowest BCUT2D eigenvalue weighted by atomic mass is 10.1. The van der Waals surface area contributed by atoms with Crippen LogP contribution in [0.3, 0.4) is 0 Å². The Morgan fingerprint density at radius 1 is 1.40 bits per heavy atom. The Morgan fingerprint density at radius 3 is 2.85 bits per heavy atom. The average molecular weight is 279 g/mol. The van der Waals surface area contributed by atoms with E-state index >= 15 is 0 Å². The van der Waals surface area contributed by atoms with E-state index in [0.29, 0.717) is 6.04 Å². The SMILES string of the molecule is CCCNCc1cnccc1N(CCOC)C(C)CC. The lowest BCUT2D eigenvalue weighted by Crippen LogP contribution is -2.36. The van der Waals surface area contributed by atoms with Crippen molar-refractivity contribution in [2.75, 3.05) is 31.7 Å². The van der Waals surface area contributed by atoms with Gasteiger partial charge in [0.25, 0.3) is 0 Å². The largest absolute Gasteiger partial charge is 0.383 e. The van der Waals surface area contributed by atoms with E-state index < -0.39 is 0 Å². The summed E-state index contributed by atoms with van der Waals surface area (Å²) in [5, 5.41) is 3.46. The minimum atomic E-state index is 0.498. The molecule has 1 atom stereocenters. The molecule has 0 radical (unpaired) electrons. The maximum Gasteiger partial charge on any atom is 0.0637 e. The third kappa shape index (κ3) is 5.10. The van der Waals surface area contributed by atoms with Gasteiger partial charge >= 0.3 is 0 Å². The Kier molecular flexibility index (Phi) is 8.23. The van der Waals surface area contributed by atoms with E-state index in [0.717, 1.165) is 39.1 Å². The summed E-state index contributed by atoms with van der Waals surface area (Å²) in [4.78, 5) is 6.70. The molecule has 20 heavy (non-hydrogen) atoms. The number of hydrogen-bond acceptors (Lipinski definition) is 4. The molecule has 1 unspecified atom stereocenters. The van der Waals surface area contributed by atoms with Crippen LogP contribution in [-0.2, 0) is 11.3 Å². The molecule has 4 heteroatoms. The Bertz CT molecular complexity index is 370. The minimum Gasteiger partial charge on any atom is -0.383 e. The first-order valence-electron chi connectivity index (χ1n) is 7.63. The Morgan fingerprint density at radius 2 is 2.20 bits per heavy atom. The molecular formula is C16H29N3O. The van der Waals surface area contributed by atoms with E-state index in [1.807, 2.05) is 12.4 Å². The first kappa shape index (κ1) is 16.9. The van der Waals surface area contributed by atoms with Gasteiger partial charge in [0.2, 0.25) is 0 Å². The van der Waals surface area contributed by atoms with Gasteiger partial charge in [-0.1, -0.05) is 13.8 Å². The van der Waals surface area contributed by atoms with Crippen molar-refractivity contribution in [2.24, 2.45) is 0 Å². The number of pyridine rings is 1. The van der Waals surface area contributed by atoms with Crippen LogP contribution >= 0.6 is 0 Å². The second-order valence-corrected chi connectivity index (χ2v) is 5.12. The summed E-state index contributed by atoms with van der Waals surface area (Å²) in [6.07, 6.45) is 6.11. The standard InChI is InChI=1S/C16H29N3O/c1-5-8-17-12-15-13-18-9-7-16(15)19(10-11-20-4)14(3)6-2/h7,9,13-14,17H,5-6,8,10-12H2,1-4H3. The van der Waals surface area contributed by atoms with Crippen molar-refractivity contribution in [2.45, 2.75) is 46.2 Å². The van der Waals surface area contributed by atoms with Gasteiger partial charge in [0, 0.05) is 49.9 Å². The number of rotatable bonds is 10. The molecule has 0 saturated heterocycles. The number of anilines is 1. The fourth-order valence-electron chi connectivity index (χ4n) is 2.22. The van der Waals surface area contributed by atoms with Crippen LogP contribution in [0.15, 0.2) is 18.5 Å². The summed E-state index contributed by atoms with van der Waals surface area (Å²) >= 11 is 0. The van der Waals surface area contributed by atoms with Gasteiger partial charge in [-0.15, -0.1) is 0 Å². The van der Waals surface area contributed by atoms with Crippen LogP contribution < -0.4 is 10.2 Å². The van der Waals surface area contributed by atoms with Crippen molar-refractivity contribution in [1.82, 2.24) is 10.3 Å². The molecule has 0 aliphatic carbocycles. The number of nitrogens with one attached hydrogen (secondary N) is 1. The Balaban J connectivity index is 2.87. The molecule has 1 N–H and O–H groups in total. The van der Waals surface area contributed by atoms with Gasteiger partial charge in [-0.2, -0.15) is 0 Å². The summed E-state index contributed by atoms with van der Waals surface area (Å²) in [6, 6.07) is 2.61. The molecule has 0 aliphatic heterocycles. The minimum absolute atomic E-state index is 0.498. The summed E-state index contributed by atoms with van der Waals surface area (Å²) in [6.45, 7) is 10.2. The van der Waals surface area contributed by atoms with Crippen molar-refractivity contribution in [3.05, 3.63) is 24.0 Å². The van der Waals surface area contributed by atoms with Gasteiger partial charge in [0.15, 0.2) is 0 Å². The number of ether oxygens (including phenoxy) is 1. The highest BCUT2D eigenvalue weighted by molar-refractivity contribution is 5.53. The highest BCUT2D eigenvalue weighted by Gasteiger charge is 2.16. The highest BCUT2D eigenvalue weighted by Crippen LogP contribution is 2.22. The monoisotopic (exact) mass is 279 g/mol. The second-order valence-electron chi connectivity index (χ2n) is 5.12. The van der Waals surface area contributed by atoms with Gasteiger partial charge < -0.3 is 15.0 Å². The molecule has 1 aromatic rings. The predicted molar refractivity (Wildman–Crippen MR) is 85.2 cm³/mol. The molecule has 0 spiro atoms. The summed E-state index contributed by atoms with van der Waals surface area (Å²) in [5.74, 6) is 0. The number of aromatic nitrogens is 1. The quantitative estimate of drug-likeness (QED) is 0.668. The normalized spacial score (nSPS) is 12.4. The molecule has 0 amide bonds. The van der Waals surface area contributed by atoms with E-state index in [1.54, 1.807) is 7.11 Å². The van der Waals surface area contributed by atoms with Crippen molar-refractivity contribution in [3.8, 4) is 0 Å². The van der Waals surface area contributed by atoms with Gasteiger partial charge in [0.1, 0.15) is 0 Å². The molecule has 1 heterocycles. The number of methoxy groups -OCH3 is 1. The molecular weight excluding hydrogens is 250 g/mol. The van der Waals surface area contributed by atoms with Crippen molar-refractivity contribution >= 4 is 5.69 Å². The lowest BCUT2D eigenvalue weighted by Gasteiger charge is -2.32. The zero-order chi connectivity index (χ0) is 14.8. The predicted octanol–water partition coefficient (Wildman–Crippen LogP) is 2.83. The third-order valence-corrected chi connectivity index (χ3v) is 3.59. The molecule has 1 rings (SSSR count). The summed E-state index contributed by atoms with van der Waals surface area (Å²) in [7, 11) is 1.76. The second kappa shape index (κ2) is 9.72. The van der Waals surface area contributed by atoms with Crippen LogP contribution in [0.4, 0.5) is 5.69 Å². The van der Waals surface area contributed by atoms with Gasteiger partial charge in [-0.05, 0) is 32.4 Å². The van der Waals surface area contributed by atoms with Crippen molar-refractivity contribution in [1.29, 1.82) is 0 Å². The maximum absolute atomic E-state index is 5.25. The third-order valence-electron chi connectivity index (χ3n) is 3.59. The van der Waals surface area contributed by atoms with E-state index in [-0.39, 0.29) is 0 Å². The number of nitrogens with zero attached hydrogens (tertiary/aromatic N) is 2. The Hall–Kier alpha value is -1.13. The number of hydrogen-bond donors (Lipinski definition) is 1. The molecule has 0 bridgehead atoms. The Labute approximate surface area is 123 Å². The van der Waals surface area contributed by atoms with Crippen LogP contribution in [0.1, 0.15) is 39.2 Å².